The number of hydrogen-bond donors (Lipinski definition) is 1. The van der Waals surface area contributed by atoms with E-state index < -0.39 is 8.07 Å². The molecule has 3 heteroatoms. The molecule has 2 aliphatic rings. The Morgan fingerprint density at radius 3 is 2.10 bits per heavy atom. The van der Waals surface area contributed by atoms with Gasteiger partial charge in [-0.1, -0.05) is 82.8 Å². The second-order valence-corrected chi connectivity index (χ2v) is 14.6. The molecule has 1 saturated carbocycles. The zero-order valence-corrected chi connectivity index (χ0v) is 23.0. The van der Waals surface area contributed by atoms with Crippen molar-refractivity contribution in [2.24, 2.45) is 17.8 Å². The molecule has 0 amide bonds. The molecule has 29 heavy (non-hydrogen) atoms. The van der Waals surface area contributed by atoms with E-state index in [1.54, 1.807) is 0 Å². The Morgan fingerprint density at radius 2 is 1.55 bits per heavy atom. The van der Waals surface area contributed by atoms with E-state index in [1.807, 2.05) is 0 Å². The predicted octanol–water partition coefficient (Wildman–Crippen LogP) is 7.03. The summed E-state index contributed by atoms with van der Waals surface area (Å²) in [5, 5.41) is 12.5. The molecule has 3 rings (SSSR count). The SMILES string of the molecule is Cc1cc(C(C)(C)C)c(O)c([Si](C)(C)C2C(C)CC3C=CC=CC32)c1.[CH3-].[CH3-].[CH3-].[Ti+3]. The molecule has 0 bridgehead atoms. The molecule has 4 unspecified atom stereocenters. The first-order valence-corrected chi connectivity index (χ1v) is 12.8. The van der Waals surface area contributed by atoms with Crippen LogP contribution in [0.5, 0.6) is 5.75 Å². The van der Waals surface area contributed by atoms with Crippen LogP contribution in [-0.2, 0) is 27.1 Å². The summed E-state index contributed by atoms with van der Waals surface area (Å²) in [5.74, 6) is 2.60. The average molecular weight is 448 g/mol. The summed E-state index contributed by atoms with van der Waals surface area (Å²) in [5.41, 5.74) is 3.02. The number of phenolic OH excluding ortho intramolecular Hbond substituents is 1. The van der Waals surface area contributed by atoms with Gasteiger partial charge in [-0.2, -0.15) is 0 Å². The molecule has 4 atom stereocenters. The fourth-order valence-corrected chi connectivity index (χ4v) is 10.0. The van der Waals surface area contributed by atoms with E-state index in [-0.39, 0.29) is 49.4 Å². The Hall–Kier alpha value is -0.569. The second kappa shape index (κ2) is 10.6. The average Bonchev–Trinajstić information content (AvgIpc) is 2.84. The second-order valence-electron chi connectivity index (χ2n) is 9.93. The van der Waals surface area contributed by atoms with E-state index in [2.05, 4.69) is 84.1 Å². The van der Waals surface area contributed by atoms with Crippen molar-refractivity contribution in [2.45, 2.75) is 65.1 Å². The molecule has 1 radical (unpaired) electrons. The first-order valence-electron chi connectivity index (χ1n) is 9.73. The fourth-order valence-electron chi connectivity index (χ4n) is 5.46. The number of benzene rings is 1. The van der Waals surface area contributed by atoms with Gasteiger partial charge in [0.1, 0.15) is 5.75 Å². The van der Waals surface area contributed by atoms with Crippen LogP contribution >= 0.6 is 0 Å². The first-order chi connectivity index (χ1) is 11.5. The van der Waals surface area contributed by atoms with E-state index in [9.17, 15) is 5.11 Å². The summed E-state index contributed by atoms with van der Waals surface area (Å²) >= 11 is 0. The normalized spacial score (nSPS) is 25.1. The maximum Gasteiger partial charge on any atom is 3.00 e. The molecule has 1 aromatic rings. The minimum atomic E-state index is -1.84. The van der Waals surface area contributed by atoms with E-state index in [1.165, 1.54) is 17.2 Å². The molecule has 0 saturated heterocycles. The predicted molar refractivity (Wildman–Crippen MR) is 131 cm³/mol. The van der Waals surface area contributed by atoms with Crippen molar-refractivity contribution in [1.29, 1.82) is 0 Å². The van der Waals surface area contributed by atoms with Crippen LogP contribution in [0.3, 0.4) is 0 Å². The van der Waals surface area contributed by atoms with Crippen LogP contribution in [0.4, 0.5) is 0 Å². The number of rotatable bonds is 2. The minimum absolute atomic E-state index is 0. The van der Waals surface area contributed by atoms with E-state index >= 15 is 0 Å². The van der Waals surface area contributed by atoms with Gasteiger partial charge in [-0.3, -0.25) is 0 Å². The topological polar surface area (TPSA) is 20.2 Å². The third kappa shape index (κ3) is 5.57. The summed E-state index contributed by atoms with van der Waals surface area (Å²) in [6.07, 6.45) is 10.6. The Kier molecular flexibility index (Phi) is 11.2. The van der Waals surface area contributed by atoms with Gasteiger partial charge in [0.15, 0.2) is 0 Å². The maximum atomic E-state index is 11.2. The summed E-state index contributed by atoms with van der Waals surface area (Å²) in [6, 6.07) is 4.45. The number of aromatic hydroxyl groups is 1. The van der Waals surface area contributed by atoms with Crippen molar-refractivity contribution in [1.82, 2.24) is 0 Å². The third-order valence-corrected chi connectivity index (χ3v) is 10.9. The van der Waals surface area contributed by atoms with Crippen LogP contribution in [0.15, 0.2) is 36.4 Å². The summed E-state index contributed by atoms with van der Waals surface area (Å²) < 4.78 is 0. The zero-order chi connectivity index (χ0) is 18.6. The smallest absolute Gasteiger partial charge is 0.508 e. The Bertz CT molecular complexity index is 727. The van der Waals surface area contributed by atoms with Crippen molar-refractivity contribution < 1.29 is 26.8 Å². The summed E-state index contributed by atoms with van der Waals surface area (Å²) in [7, 11) is -1.84. The van der Waals surface area contributed by atoms with Crippen molar-refractivity contribution in [3.63, 3.8) is 0 Å². The van der Waals surface area contributed by atoms with Gasteiger partial charge >= 0.3 is 21.7 Å². The number of fused-ring (bicyclic) bond motifs is 1. The molecule has 0 heterocycles. The van der Waals surface area contributed by atoms with Crippen LogP contribution in [0.1, 0.15) is 45.2 Å². The Balaban J connectivity index is 0. The quantitative estimate of drug-likeness (QED) is 0.381. The number of hydrogen-bond acceptors (Lipinski definition) is 1. The van der Waals surface area contributed by atoms with Crippen LogP contribution in [0, 0.1) is 47.0 Å². The molecule has 1 nitrogen and oxygen atoms in total. The molecular formula is C26H43OSiTi. The van der Waals surface area contributed by atoms with E-state index in [4.69, 9.17) is 0 Å². The van der Waals surface area contributed by atoms with Crippen LogP contribution in [0.2, 0.25) is 18.6 Å². The van der Waals surface area contributed by atoms with E-state index in [0.29, 0.717) is 29.0 Å². The fraction of sp³-hybridized carbons (Fsp3) is 0.500. The van der Waals surface area contributed by atoms with Gasteiger partial charge in [-0.25, -0.2) is 0 Å². The largest absolute Gasteiger partial charge is 3.00 e. The third-order valence-electron chi connectivity index (χ3n) is 6.56. The van der Waals surface area contributed by atoms with Crippen molar-refractivity contribution in [2.75, 3.05) is 0 Å². The molecule has 1 fully saturated rings. The minimum Gasteiger partial charge on any atom is -0.508 e. The van der Waals surface area contributed by atoms with Gasteiger partial charge < -0.3 is 27.4 Å². The van der Waals surface area contributed by atoms with Gasteiger partial charge in [0.25, 0.3) is 0 Å². The molecular weight excluding hydrogens is 404 g/mol. The monoisotopic (exact) mass is 447 g/mol. The van der Waals surface area contributed by atoms with Crippen LogP contribution in [0.25, 0.3) is 0 Å². The number of allylic oxidation sites excluding steroid dienone is 4. The molecule has 1 aromatic carbocycles. The van der Waals surface area contributed by atoms with E-state index in [0.717, 1.165) is 5.56 Å². The molecule has 161 valence electrons. The number of phenols is 1. The summed E-state index contributed by atoms with van der Waals surface area (Å²) in [6.45, 7) is 16.1. The standard InChI is InChI=1S/C23H34OSi.3CH3.Ti/c1-15-12-19(23(3,4)5)21(24)20(13-15)25(6,7)22-16(2)14-17-10-8-9-11-18(17)22;;;;/h8-13,16-18,22,24H,14H2,1-7H3;3*1H3;/q;3*-1;+3. The van der Waals surface area contributed by atoms with Gasteiger partial charge in [-0.05, 0) is 52.8 Å². The Labute approximate surface area is 198 Å². The first kappa shape index (κ1) is 30.6. The molecule has 0 aliphatic heterocycles. The van der Waals surface area contributed by atoms with Gasteiger partial charge in [0.2, 0.25) is 0 Å². The van der Waals surface area contributed by atoms with Crippen LogP contribution < -0.4 is 5.19 Å². The number of aryl methyl sites for hydroxylation is 1. The zero-order valence-electron chi connectivity index (χ0n) is 20.4. The van der Waals surface area contributed by atoms with Gasteiger partial charge in [0.05, 0.1) is 8.07 Å². The molecule has 2 aliphatic carbocycles. The Morgan fingerprint density at radius 1 is 1.00 bits per heavy atom. The van der Waals surface area contributed by atoms with Crippen LogP contribution in [-0.4, -0.2) is 13.2 Å². The van der Waals surface area contributed by atoms with Crippen molar-refractivity contribution in [3.8, 4) is 5.75 Å². The maximum absolute atomic E-state index is 11.2. The van der Waals surface area contributed by atoms with Gasteiger partial charge in [-0.15, -0.1) is 0 Å². The molecule has 0 aromatic heterocycles. The molecule has 0 spiro atoms. The van der Waals surface area contributed by atoms with Crippen molar-refractivity contribution >= 4 is 13.3 Å². The molecule has 1 N–H and O–H groups in total. The summed E-state index contributed by atoms with van der Waals surface area (Å²) in [4.78, 5) is 0. The van der Waals surface area contributed by atoms with Gasteiger partial charge in [0, 0.05) is 0 Å². The van der Waals surface area contributed by atoms with Crippen molar-refractivity contribution in [3.05, 3.63) is 69.8 Å².